The maximum Gasteiger partial charge on any atom is 0.349 e. The minimum Gasteiger partial charge on any atom is -0.465 e. The molecule has 1 aromatic rings. The van der Waals surface area contributed by atoms with Gasteiger partial charge in [-0.05, 0) is 5.92 Å². The molecule has 0 spiro atoms. The summed E-state index contributed by atoms with van der Waals surface area (Å²) in [4.78, 5) is 15.7. The number of thiazole rings is 1. The number of aromatic nitrogens is 1. The third kappa shape index (κ3) is 5.14. The van der Waals surface area contributed by atoms with E-state index in [4.69, 9.17) is 4.74 Å². The molecular weight excluding hydrogens is 240 g/mol. The molecule has 0 aliphatic rings. The van der Waals surface area contributed by atoms with Crippen LogP contribution in [0, 0.1) is 5.92 Å². The Hall–Kier alpha value is -1.14. The minimum absolute atomic E-state index is 0.355. The van der Waals surface area contributed by atoms with Crippen LogP contribution >= 0.6 is 11.3 Å². The molecule has 96 valence electrons. The maximum atomic E-state index is 11.2. The van der Waals surface area contributed by atoms with Crippen LogP contribution in [0.15, 0.2) is 6.20 Å². The first kappa shape index (κ1) is 13.9. The standard InChI is InChI=1S/C11H18N2O3S/c1-8(2)7-16-5-4-12-11-13-6-9(17-11)10(14)15-3/h6,8H,4-5,7H2,1-3H3,(H,12,13). The number of esters is 1. The second kappa shape index (κ2) is 7.24. The summed E-state index contributed by atoms with van der Waals surface area (Å²) in [5, 5.41) is 3.80. The summed E-state index contributed by atoms with van der Waals surface area (Å²) in [5.41, 5.74) is 0. The van der Waals surface area contributed by atoms with Crippen molar-refractivity contribution in [3.05, 3.63) is 11.1 Å². The van der Waals surface area contributed by atoms with Crippen LogP contribution in [0.3, 0.4) is 0 Å². The van der Waals surface area contributed by atoms with E-state index in [2.05, 4.69) is 28.9 Å². The van der Waals surface area contributed by atoms with E-state index in [1.807, 2.05) is 0 Å². The molecule has 1 N–H and O–H groups in total. The van der Waals surface area contributed by atoms with Crippen molar-refractivity contribution in [2.45, 2.75) is 13.8 Å². The lowest BCUT2D eigenvalue weighted by molar-refractivity contribution is 0.0606. The first-order chi connectivity index (χ1) is 8.13. The summed E-state index contributed by atoms with van der Waals surface area (Å²) in [6.07, 6.45) is 1.51. The summed E-state index contributed by atoms with van der Waals surface area (Å²) in [6, 6.07) is 0. The van der Waals surface area contributed by atoms with Gasteiger partial charge in [0.1, 0.15) is 4.88 Å². The second-order valence-electron chi connectivity index (χ2n) is 3.92. The van der Waals surface area contributed by atoms with E-state index >= 15 is 0 Å². The van der Waals surface area contributed by atoms with Crippen molar-refractivity contribution in [3.8, 4) is 0 Å². The zero-order valence-electron chi connectivity index (χ0n) is 10.4. The number of carbonyl (C=O) groups excluding carboxylic acids is 1. The number of methoxy groups -OCH3 is 1. The summed E-state index contributed by atoms with van der Waals surface area (Å²) in [6.45, 7) is 6.28. The molecule has 0 atom stereocenters. The van der Waals surface area contributed by atoms with E-state index in [0.717, 1.165) is 6.61 Å². The van der Waals surface area contributed by atoms with Crippen LogP contribution in [-0.4, -0.2) is 37.8 Å². The van der Waals surface area contributed by atoms with Crippen LogP contribution in [0.4, 0.5) is 5.13 Å². The molecule has 5 nitrogen and oxygen atoms in total. The van der Waals surface area contributed by atoms with Gasteiger partial charge in [-0.25, -0.2) is 9.78 Å². The fraction of sp³-hybridized carbons (Fsp3) is 0.636. The van der Waals surface area contributed by atoms with Gasteiger partial charge in [0.05, 0.1) is 19.9 Å². The molecule has 1 aromatic heterocycles. The smallest absolute Gasteiger partial charge is 0.349 e. The molecule has 1 heterocycles. The molecule has 0 aliphatic heterocycles. The molecule has 0 aliphatic carbocycles. The van der Waals surface area contributed by atoms with Gasteiger partial charge in [0.2, 0.25) is 0 Å². The van der Waals surface area contributed by atoms with Crippen LogP contribution in [0.2, 0.25) is 0 Å². The van der Waals surface area contributed by atoms with Gasteiger partial charge in [0.25, 0.3) is 0 Å². The third-order valence-corrected chi connectivity index (χ3v) is 2.80. The zero-order chi connectivity index (χ0) is 12.7. The van der Waals surface area contributed by atoms with Crippen molar-refractivity contribution in [1.29, 1.82) is 0 Å². The van der Waals surface area contributed by atoms with Crippen molar-refractivity contribution < 1.29 is 14.3 Å². The fourth-order valence-electron chi connectivity index (χ4n) is 1.10. The van der Waals surface area contributed by atoms with E-state index in [1.165, 1.54) is 24.6 Å². The molecule has 6 heteroatoms. The van der Waals surface area contributed by atoms with Crippen LogP contribution in [-0.2, 0) is 9.47 Å². The van der Waals surface area contributed by atoms with Crippen molar-refractivity contribution in [2.75, 3.05) is 32.2 Å². The van der Waals surface area contributed by atoms with Gasteiger partial charge in [-0.3, -0.25) is 0 Å². The molecule has 0 unspecified atom stereocenters. The average molecular weight is 258 g/mol. The maximum absolute atomic E-state index is 11.2. The Balaban J connectivity index is 2.23. The average Bonchev–Trinajstić information content (AvgIpc) is 2.76. The highest BCUT2D eigenvalue weighted by Crippen LogP contribution is 2.18. The highest BCUT2D eigenvalue weighted by molar-refractivity contribution is 7.17. The Morgan fingerprint density at radius 2 is 2.35 bits per heavy atom. The number of hydrogen-bond acceptors (Lipinski definition) is 6. The number of hydrogen-bond donors (Lipinski definition) is 1. The topological polar surface area (TPSA) is 60.5 Å². The molecule has 0 aromatic carbocycles. The normalized spacial score (nSPS) is 10.6. The quantitative estimate of drug-likeness (QED) is 0.599. The second-order valence-corrected chi connectivity index (χ2v) is 4.95. The molecule has 17 heavy (non-hydrogen) atoms. The van der Waals surface area contributed by atoms with Gasteiger partial charge >= 0.3 is 5.97 Å². The van der Waals surface area contributed by atoms with Crippen LogP contribution in [0.1, 0.15) is 23.5 Å². The minimum atomic E-state index is -0.355. The molecular formula is C11H18N2O3S. The van der Waals surface area contributed by atoms with Crippen LogP contribution in [0.25, 0.3) is 0 Å². The zero-order valence-corrected chi connectivity index (χ0v) is 11.2. The van der Waals surface area contributed by atoms with Crippen molar-refractivity contribution in [3.63, 3.8) is 0 Å². The molecule has 0 saturated heterocycles. The van der Waals surface area contributed by atoms with E-state index in [0.29, 0.717) is 29.1 Å². The van der Waals surface area contributed by atoms with Crippen molar-refractivity contribution in [2.24, 2.45) is 5.92 Å². The third-order valence-electron chi connectivity index (χ3n) is 1.87. The predicted molar refractivity (Wildman–Crippen MR) is 67.6 cm³/mol. The van der Waals surface area contributed by atoms with Crippen LogP contribution in [0.5, 0.6) is 0 Å². The molecule has 0 fully saturated rings. The first-order valence-electron chi connectivity index (χ1n) is 5.49. The number of nitrogens with one attached hydrogen (secondary N) is 1. The molecule has 1 rings (SSSR count). The monoisotopic (exact) mass is 258 g/mol. The largest absolute Gasteiger partial charge is 0.465 e. The van der Waals surface area contributed by atoms with Crippen molar-refractivity contribution in [1.82, 2.24) is 4.98 Å². The number of ether oxygens (including phenoxy) is 2. The Labute approximate surface area is 105 Å². The molecule has 0 amide bonds. The van der Waals surface area contributed by atoms with Gasteiger partial charge in [0, 0.05) is 13.2 Å². The summed E-state index contributed by atoms with van der Waals surface area (Å²) >= 11 is 1.28. The van der Waals surface area contributed by atoms with E-state index in [-0.39, 0.29) is 5.97 Å². The lowest BCUT2D eigenvalue weighted by Crippen LogP contribution is -2.11. The summed E-state index contributed by atoms with van der Waals surface area (Å²) < 4.78 is 10.0. The Morgan fingerprint density at radius 3 is 3.00 bits per heavy atom. The SMILES string of the molecule is COC(=O)c1cnc(NCCOCC(C)C)s1. The van der Waals surface area contributed by atoms with Gasteiger partial charge in [-0.15, -0.1) is 0 Å². The number of anilines is 1. The predicted octanol–water partition coefficient (Wildman–Crippen LogP) is 2.01. The Morgan fingerprint density at radius 1 is 1.59 bits per heavy atom. The van der Waals surface area contributed by atoms with Crippen LogP contribution < -0.4 is 5.32 Å². The van der Waals surface area contributed by atoms with Crippen molar-refractivity contribution >= 4 is 22.4 Å². The lowest BCUT2D eigenvalue weighted by Gasteiger charge is -2.06. The number of rotatable bonds is 7. The van der Waals surface area contributed by atoms with Gasteiger partial charge in [-0.1, -0.05) is 25.2 Å². The lowest BCUT2D eigenvalue weighted by atomic mass is 10.2. The van der Waals surface area contributed by atoms with Gasteiger partial charge < -0.3 is 14.8 Å². The van der Waals surface area contributed by atoms with Gasteiger partial charge in [-0.2, -0.15) is 0 Å². The molecule has 0 saturated carbocycles. The number of carbonyl (C=O) groups is 1. The summed E-state index contributed by atoms with van der Waals surface area (Å²) in [7, 11) is 1.36. The fourth-order valence-corrected chi connectivity index (χ4v) is 1.86. The molecule has 0 radical (unpaired) electrons. The van der Waals surface area contributed by atoms with E-state index in [9.17, 15) is 4.79 Å². The Kier molecular flexibility index (Phi) is 5.93. The van der Waals surface area contributed by atoms with E-state index in [1.54, 1.807) is 0 Å². The number of nitrogens with zero attached hydrogens (tertiary/aromatic N) is 1. The first-order valence-corrected chi connectivity index (χ1v) is 6.31. The highest BCUT2D eigenvalue weighted by Gasteiger charge is 2.09. The van der Waals surface area contributed by atoms with Gasteiger partial charge in [0.15, 0.2) is 5.13 Å². The Bertz CT molecular complexity index is 352. The highest BCUT2D eigenvalue weighted by atomic mass is 32.1. The molecule has 0 bridgehead atoms. The van der Waals surface area contributed by atoms with E-state index < -0.39 is 0 Å². The summed E-state index contributed by atoms with van der Waals surface area (Å²) in [5.74, 6) is 0.187.